The standard InChI is InChI=1S/C29H20Cl2F7NO2/c30-23-9-4-10-26(27(23)31)41-20-6-3-5-19(14-20)39(15-17-13-18(28(33,34)35)11-12-24(17)32)25(16-40)21-7-1-2-8-22(21)29(36,37)38/h1-14,25,40H,15-16H2. The second kappa shape index (κ2) is 12.2. The molecule has 0 amide bonds. The number of alkyl halides is 6. The van der Waals surface area contributed by atoms with Crippen molar-refractivity contribution < 1.29 is 40.6 Å². The molecule has 1 atom stereocenters. The maximum Gasteiger partial charge on any atom is 0.416 e. The number of ether oxygens (including phenoxy) is 1. The van der Waals surface area contributed by atoms with Crippen LogP contribution in [0.3, 0.4) is 0 Å². The van der Waals surface area contributed by atoms with Crippen LogP contribution in [0.25, 0.3) is 0 Å². The summed E-state index contributed by atoms with van der Waals surface area (Å²) in [5.74, 6) is -0.711. The minimum atomic E-state index is -4.81. The second-order valence-corrected chi connectivity index (χ2v) is 9.65. The zero-order valence-corrected chi connectivity index (χ0v) is 22.3. The minimum Gasteiger partial charge on any atom is -0.456 e. The van der Waals surface area contributed by atoms with Gasteiger partial charge in [0, 0.05) is 23.9 Å². The van der Waals surface area contributed by atoms with Crippen LogP contribution in [0.2, 0.25) is 10.0 Å². The summed E-state index contributed by atoms with van der Waals surface area (Å²) in [5, 5.41) is 10.7. The molecule has 41 heavy (non-hydrogen) atoms. The van der Waals surface area contributed by atoms with Gasteiger partial charge in [-0.1, -0.05) is 53.5 Å². The van der Waals surface area contributed by atoms with Crippen LogP contribution < -0.4 is 9.64 Å². The number of rotatable bonds is 8. The van der Waals surface area contributed by atoms with Crippen LogP contribution in [0.5, 0.6) is 11.5 Å². The van der Waals surface area contributed by atoms with Crippen LogP contribution in [0.15, 0.2) is 84.9 Å². The summed E-state index contributed by atoms with van der Waals surface area (Å²) in [6.45, 7) is -1.52. The summed E-state index contributed by atoms with van der Waals surface area (Å²) in [6, 6.07) is 15.2. The summed E-state index contributed by atoms with van der Waals surface area (Å²) in [7, 11) is 0. The molecule has 0 aromatic heterocycles. The summed E-state index contributed by atoms with van der Waals surface area (Å²) in [5.41, 5.74) is -2.90. The highest BCUT2D eigenvalue weighted by Crippen LogP contribution is 2.41. The van der Waals surface area contributed by atoms with Gasteiger partial charge in [-0.15, -0.1) is 0 Å². The highest BCUT2D eigenvalue weighted by Gasteiger charge is 2.37. The molecule has 4 rings (SSSR count). The molecule has 12 heteroatoms. The second-order valence-electron chi connectivity index (χ2n) is 8.87. The molecule has 0 heterocycles. The number of aliphatic hydroxyl groups excluding tert-OH is 1. The molecule has 216 valence electrons. The van der Waals surface area contributed by atoms with Crippen molar-refractivity contribution in [2.24, 2.45) is 0 Å². The van der Waals surface area contributed by atoms with Gasteiger partial charge in [-0.3, -0.25) is 0 Å². The van der Waals surface area contributed by atoms with E-state index in [9.17, 15) is 35.8 Å². The number of nitrogens with zero attached hydrogens (tertiary/aromatic N) is 1. The minimum absolute atomic E-state index is 0.0924. The quantitative estimate of drug-likeness (QED) is 0.200. The number of hydrogen-bond donors (Lipinski definition) is 1. The van der Waals surface area contributed by atoms with E-state index in [2.05, 4.69) is 0 Å². The van der Waals surface area contributed by atoms with Gasteiger partial charge in [0.1, 0.15) is 22.3 Å². The smallest absolute Gasteiger partial charge is 0.416 e. The fourth-order valence-corrected chi connectivity index (χ4v) is 4.59. The van der Waals surface area contributed by atoms with Crippen LogP contribution in [0, 0.1) is 5.82 Å². The Morgan fingerprint density at radius 3 is 2.20 bits per heavy atom. The van der Waals surface area contributed by atoms with Crippen molar-refractivity contribution in [2.75, 3.05) is 11.5 Å². The first-order chi connectivity index (χ1) is 19.3. The molecule has 0 aliphatic rings. The SMILES string of the molecule is OCC(c1ccccc1C(F)(F)F)N(Cc1cc(C(F)(F)F)ccc1F)c1cccc(Oc2cccc(Cl)c2Cl)c1. The molecule has 0 aliphatic carbocycles. The molecular formula is C29H20Cl2F7NO2. The zero-order chi connectivity index (χ0) is 29.9. The first kappa shape index (κ1) is 30.5. The van der Waals surface area contributed by atoms with Crippen LogP contribution in [0.4, 0.5) is 36.4 Å². The topological polar surface area (TPSA) is 32.7 Å². The molecule has 0 fully saturated rings. The summed E-state index contributed by atoms with van der Waals surface area (Å²) in [4.78, 5) is 1.18. The molecule has 0 aliphatic heterocycles. The Labute approximate surface area is 240 Å². The maximum absolute atomic E-state index is 14.8. The first-order valence-corrected chi connectivity index (χ1v) is 12.7. The molecule has 4 aromatic carbocycles. The molecule has 0 saturated heterocycles. The summed E-state index contributed by atoms with van der Waals surface area (Å²) in [6.07, 6.45) is -9.61. The zero-order valence-electron chi connectivity index (χ0n) is 20.8. The van der Waals surface area contributed by atoms with Crippen molar-refractivity contribution in [3.8, 4) is 11.5 Å². The number of anilines is 1. The predicted molar refractivity (Wildman–Crippen MR) is 142 cm³/mol. The van der Waals surface area contributed by atoms with Gasteiger partial charge < -0.3 is 14.7 Å². The Kier molecular flexibility index (Phi) is 9.06. The van der Waals surface area contributed by atoms with Crippen molar-refractivity contribution in [3.63, 3.8) is 0 Å². The van der Waals surface area contributed by atoms with Gasteiger partial charge in [-0.25, -0.2) is 4.39 Å². The summed E-state index contributed by atoms with van der Waals surface area (Å²) < 4.78 is 103. The molecule has 1 unspecified atom stereocenters. The Morgan fingerprint density at radius 2 is 1.51 bits per heavy atom. The monoisotopic (exact) mass is 617 g/mol. The van der Waals surface area contributed by atoms with Crippen LogP contribution in [-0.4, -0.2) is 11.7 Å². The maximum atomic E-state index is 14.8. The normalized spacial score (nSPS) is 12.7. The molecule has 0 saturated carbocycles. The lowest BCUT2D eigenvalue weighted by Gasteiger charge is -2.35. The van der Waals surface area contributed by atoms with E-state index in [1.807, 2.05) is 0 Å². The molecule has 0 spiro atoms. The predicted octanol–water partition coefficient (Wildman–Crippen LogP) is 9.70. The fraction of sp³-hybridized carbons (Fsp3) is 0.172. The lowest BCUT2D eigenvalue weighted by molar-refractivity contribution is -0.139. The summed E-state index contributed by atoms with van der Waals surface area (Å²) >= 11 is 12.2. The van der Waals surface area contributed by atoms with E-state index in [4.69, 9.17) is 27.9 Å². The van der Waals surface area contributed by atoms with Gasteiger partial charge in [-0.05, 0) is 54.1 Å². The average molecular weight is 618 g/mol. The number of aliphatic hydroxyl groups is 1. The highest BCUT2D eigenvalue weighted by molar-refractivity contribution is 6.42. The largest absolute Gasteiger partial charge is 0.456 e. The van der Waals surface area contributed by atoms with Crippen molar-refractivity contribution in [2.45, 2.75) is 24.9 Å². The van der Waals surface area contributed by atoms with Gasteiger partial charge in [0.15, 0.2) is 0 Å². The molecule has 4 aromatic rings. The van der Waals surface area contributed by atoms with E-state index in [0.29, 0.717) is 18.2 Å². The van der Waals surface area contributed by atoms with Gasteiger partial charge in [0.2, 0.25) is 0 Å². The molecule has 3 nitrogen and oxygen atoms in total. The van der Waals surface area contributed by atoms with Crippen LogP contribution in [0.1, 0.15) is 28.3 Å². The molecule has 0 radical (unpaired) electrons. The van der Waals surface area contributed by atoms with Gasteiger partial charge in [0.05, 0.1) is 28.8 Å². The molecule has 0 bridgehead atoms. The fourth-order valence-electron chi connectivity index (χ4n) is 4.26. The lowest BCUT2D eigenvalue weighted by Crippen LogP contribution is -2.33. The Morgan fingerprint density at radius 1 is 0.805 bits per heavy atom. The van der Waals surface area contributed by atoms with E-state index in [1.54, 1.807) is 6.07 Å². The van der Waals surface area contributed by atoms with Crippen molar-refractivity contribution in [1.82, 2.24) is 0 Å². The van der Waals surface area contributed by atoms with E-state index >= 15 is 0 Å². The van der Waals surface area contributed by atoms with E-state index in [-0.39, 0.29) is 32.8 Å². The molecule has 1 N–H and O–H groups in total. The Bertz CT molecular complexity index is 1530. The van der Waals surface area contributed by atoms with E-state index in [0.717, 1.165) is 12.1 Å². The van der Waals surface area contributed by atoms with Crippen LogP contribution >= 0.6 is 23.2 Å². The van der Waals surface area contributed by atoms with E-state index < -0.39 is 54.1 Å². The highest BCUT2D eigenvalue weighted by atomic mass is 35.5. The van der Waals surface area contributed by atoms with Crippen molar-refractivity contribution in [1.29, 1.82) is 0 Å². The third-order valence-corrected chi connectivity index (χ3v) is 6.98. The Balaban J connectivity index is 1.85. The molecular weight excluding hydrogens is 598 g/mol. The van der Waals surface area contributed by atoms with E-state index in [1.165, 1.54) is 53.4 Å². The van der Waals surface area contributed by atoms with Gasteiger partial charge in [0.25, 0.3) is 0 Å². The number of halogens is 9. The number of hydrogen-bond acceptors (Lipinski definition) is 3. The van der Waals surface area contributed by atoms with Crippen molar-refractivity contribution >= 4 is 28.9 Å². The van der Waals surface area contributed by atoms with Gasteiger partial charge >= 0.3 is 12.4 Å². The lowest BCUT2D eigenvalue weighted by atomic mass is 9.97. The third kappa shape index (κ3) is 7.06. The van der Waals surface area contributed by atoms with Gasteiger partial charge in [-0.2, -0.15) is 26.3 Å². The van der Waals surface area contributed by atoms with Crippen molar-refractivity contribution in [3.05, 3.63) is 123 Å². The third-order valence-electron chi connectivity index (χ3n) is 6.18. The number of benzene rings is 4. The van der Waals surface area contributed by atoms with Crippen LogP contribution in [-0.2, 0) is 18.9 Å². The average Bonchev–Trinajstić information content (AvgIpc) is 2.91. The first-order valence-electron chi connectivity index (χ1n) is 11.9. The Hall–Kier alpha value is -3.47.